The van der Waals surface area contributed by atoms with Crippen molar-refractivity contribution < 1.29 is 34.0 Å². The molecule has 2 rings (SSSR count). The molecular weight excluding hydrogens is 340 g/mol. The van der Waals surface area contributed by atoms with E-state index in [0.717, 1.165) is 0 Å². The van der Waals surface area contributed by atoms with E-state index >= 15 is 0 Å². The number of phenols is 2. The number of hydrogen-bond acceptors (Lipinski definition) is 7. The van der Waals surface area contributed by atoms with Gasteiger partial charge in [0.25, 0.3) is 0 Å². The molecule has 0 saturated carbocycles. The van der Waals surface area contributed by atoms with Crippen molar-refractivity contribution in [2.24, 2.45) is 0 Å². The molecule has 2 aromatic rings. The Kier molecular flexibility index (Phi) is 5.95. The average molecular weight is 360 g/mol. The zero-order valence-corrected chi connectivity index (χ0v) is 14.9. The van der Waals surface area contributed by atoms with Crippen LogP contribution in [0, 0.1) is 0 Å². The van der Waals surface area contributed by atoms with Gasteiger partial charge >= 0.3 is 0 Å². The van der Waals surface area contributed by atoms with Gasteiger partial charge in [0.05, 0.1) is 28.4 Å². The lowest BCUT2D eigenvalue weighted by Crippen LogP contribution is -2.06. The Morgan fingerprint density at radius 3 is 1.85 bits per heavy atom. The number of phenolic OH excluding ortho intramolecular Hbond substituents is 2. The highest BCUT2D eigenvalue weighted by molar-refractivity contribution is 6.12. The summed E-state index contributed by atoms with van der Waals surface area (Å²) >= 11 is 0. The Bertz CT molecular complexity index is 823. The third kappa shape index (κ3) is 3.51. The second kappa shape index (κ2) is 8.15. The van der Waals surface area contributed by atoms with Gasteiger partial charge in [0.2, 0.25) is 17.2 Å². The Morgan fingerprint density at radius 2 is 1.35 bits per heavy atom. The van der Waals surface area contributed by atoms with Crippen LogP contribution in [0.1, 0.15) is 15.9 Å². The highest BCUT2D eigenvalue weighted by Gasteiger charge is 2.30. The zero-order chi connectivity index (χ0) is 19.3. The number of benzene rings is 2. The number of carbonyl (C=O) groups is 1. The fraction of sp³-hybridized carbons (Fsp3) is 0.211. The lowest BCUT2D eigenvalue weighted by atomic mass is 10.0. The number of methoxy groups -OCH3 is 4. The highest BCUT2D eigenvalue weighted by atomic mass is 16.5. The summed E-state index contributed by atoms with van der Waals surface area (Å²) in [5.41, 5.74) is 0.707. The van der Waals surface area contributed by atoms with Crippen molar-refractivity contribution in [2.45, 2.75) is 0 Å². The van der Waals surface area contributed by atoms with Crippen LogP contribution in [-0.2, 0) is 0 Å². The van der Waals surface area contributed by atoms with E-state index in [4.69, 9.17) is 18.9 Å². The minimum atomic E-state index is -0.469. The van der Waals surface area contributed by atoms with Gasteiger partial charge in [-0.1, -0.05) is 18.2 Å². The molecule has 2 aromatic carbocycles. The van der Waals surface area contributed by atoms with Gasteiger partial charge in [-0.15, -0.1) is 0 Å². The molecule has 2 N–H and O–H groups in total. The van der Waals surface area contributed by atoms with Gasteiger partial charge < -0.3 is 29.2 Å². The third-order valence-corrected chi connectivity index (χ3v) is 3.68. The molecule has 26 heavy (non-hydrogen) atoms. The minimum absolute atomic E-state index is 0.000165. The molecule has 7 nitrogen and oxygen atoms in total. The van der Waals surface area contributed by atoms with Gasteiger partial charge in [-0.25, -0.2) is 0 Å². The predicted molar refractivity (Wildman–Crippen MR) is 95.8 cm³/mol. The molecule has 7 heteroatoms. The van der Waals surface area contributed by atoms with Crippen molar-refractivity contribution >= 4 is 11.9 Å². The molecule has 0 spiro atoms. The van der Waals surface area contributed by atoms with Crippen molar-refractivity contribution in [2.75, 3.05) is 28.4 Å². The smallest absolute Gasteiger partial charge is 0.211 e. The molecule has 138 valence electrons. The van der Waals surface area contributed by atoms with Crippen LogP contribution < -0.4 is 18.9 Å². The zero-order valence-electron chi connectivity index (χ0n) is 14.9. The molecule has 0 saturated heterocycles. The van der Waals surface area contributed by atoms with E-state index in [9.17, 15) is 15.0 Å². The summed E-state index contributed by atoms with van der Waals surface area (Å²) < 4.78 is 20.9. The number of ketones is 1. The lowest BCUT2D eigenvalue weighted by molar-refractivity contribution is 0.104. The molecule has 0 radical (unpaired) electrons. The maximum absolute atomic E-state index is 12.8. The van der Waals surface area contributed by atoms with E-state index < -0.39 is 5.78 Å². The summed E-state index contributed by atoms with van der Waals surface area (Å²) in [5, 5.41) is 19.7. The second-order valence-electron chi connectivity index (χ2n) is 5.15. The van der Waals surface area contributed by atoms with Crippen molar-refractivity contribution in [3.8, 4) is 34.5 Å². The van der Waals surface area contributed by atoms with Crippen LogP contribution in [0.15, 0.2) is 30.3 Å². The SMILES string of the molecule is COc1c(O)c(OC)c(C(=O)C=Cc2ccc(O)cc2)c(OC)c1OC. The highest BCUT2D eigenvalue weighted by Crippen LogP contribution is 2.52. The quantitative estimate of drug-likeness (QED) is 0.579. The van der Waals surface area contributed by atoms with Gasteiger partial charge in [0, 0.05) is 0 Å². The van der Waals surface area contributed by atoms with Crippen LogP contribution in [-0.4, -0.2) is 44.4 Å². The van der Waals surface area contributed by atoms with Gasteiger partial charge in [-0.2, -0.15) is 0 Å². The Balaban J connectivity index is 2.57. The summed E-state index contributed by atoms with van der Waals surface area (Å²) in [5.74, 6) is -0.632. The second-order valence-corrected chi connectivity index (χ2v) is 5.15. The number of allylic oxidation sites excluding steroid dienone is 1. The number of hydrogen-bond donors (Lipinski definition) is 2. The number of ether oxygens (including phenoxy) is 4. The van der Waals surface area contributed by atoms with Crippen molar-refractivity contribution in [1.29, 1.82) is 0 Å². The summed E-state index contributed by atoms with van der Waals surface area (Å²) in [7, 11) is 5.41. The molecule has 0 aliphatic heterocycles. The first-order valence-corrected chi connectivity index (χ1v) is 7.58. The van der Waals surface area contributed by atoms with Crippen LogP contribution >= 0.6 is 0 Å². The molecule has 0 bridgehead atoms. The molecule has 0 atom stereocenters. The molecule has 0 fully saturated rings. The van der Waals surface area contributed by atoms with Crippen LogP contribution in [0.2, 0.25) is 0 Å². The van der Waals surface area contributed by atoms with Gasteiger partial charge in [0.1, 0.15) is 11.3 Å². The maximum atomic E-state index is 12.8. The summed E-state index contributed by atoms with van der Waals surface area (Å²) in [4.78, 5) is 12.8. The third-order valence-electron chi connectivity index (χ3n) is 3.68. The number of rotatable bonds is 7. The van der Waals surface area contributed by atoms with Crippen LogP contribution in [0.4, 0.5) is 0 Å². The normalized spacial score (nSPS) is 10.6. The number of aromatic hydroxyl groups is 2. The first-order chi connectivity index (χ1) is 12.5. The van der Waals surface area contributed by atoms with Crippen LogP contribution in [0.3, 0.4) is 0 Å². The first kappa shape index (κ1) is 19.0. The molecule has 0 aliphatic rings. The largest absolute Gasteiger partial charge is 0.508 e. The lowest BCUT2D eigenvalue weighted by Gasteiger charge is -2.19. The fourth-order valence-corrected chi connectivity index (χ4v) is 2.48. The van der Waals surface area contributed by atoms with Crippen LogP contribution in [0.5, 0.6) is 34.5 Å². The monoisotopic (exact) mass is 360 g/mol. The molecule has 0 amide bonds. The van der Waals surface area contributed by atoms with E-state index in [1.807, 2.05) is 0 Å². The van der Waals surface area contributed by atoms with Gasteiger partial charge in [-0.3, -0.25) is 4.79 Å². The maximum Gasteiger partial charge on any atom is 0.211 e. The summed E-state index contributed by atoms with van der Waals surface area (Å²) in [6.45, 7) is 0. The Labute approximate surface area is 151 Å². The minimum Gasteiger partial charge on any atom is -0.508 e. The summed E-state index contributed by atoms with van der Waals surface area (Å²) in [6, 6.07) is 6.32. The first-order valence-electron chi connectivity index (χ1n) is 7.58. The van der Waals surface area contributed by atoms with Crippen LogP contribution in [0.25, 0.3) is 6.08 Å². The average Bonchev–Trinajstić information content (AvgIpc) is 2.65. The standard InChI is InChI=1S/C19H20O7/c1-23-16-14(13(21)10-7-11-5-8-12(20)9-6-11)17(24-2)19(26-4)18(25-3)15(16)22/h5-10,20,22H,1-4H3. The molecule has 0 aromatic heterocycles. The van der Waals surface area contributed by atoms with E-state index in [1.165, 1.54) is 46.6 Å². The molecule has 0 unspecified atom stereocenters. The molecule has 0 aliphatic carbocycles. The van der Waals surface area contributed by atoms with E-state index in [2.05, 4.69) is 0 Å². The fourth-order valence-electron chi connectivity index (χ4n) is 2.48. The Hall–Kier alpha value is -3.35. The van der Waals surface area contributed by atoms with E-state index in [0.29, 0.717) is 5.56 Å². The van der Waals surface area contributed by atoms with E-state index in [1.54, 1.807) is 18.2 Å². The van der Waals surface area contributed by atoms with Gasteiger partial charge in [-0.05, 0) is 23.8 Å². The van der Waals surface area contributed by atoms with Crippen molar-refractivity contribution in [3.05, 3.63) is 41.5 Å². The number of carbonyl (C=O) groups excluding carboxylic acids is 1. The predicted octanol–water partition coefficient (Wildman–Crippen LogP) is 3.03. The van der Waals surface area contributed by atoms with Crippen molar-refractivity contribution in [3.63, 3.8) is 0 Å². The molecule has 0 heterocycles. The summed E-state index contributed by atoms with van der Waals surface area (Å²) in [6.07, 6.45) is 2.87. The van der Waals surface area contributed by atoms with Crippen molar-refractivity contribution in [1.82, 2.24) is 0 Å². The topological polar surface area (TPSA) is 94.5 Å². The van der Waals surface area contributed by atoms with Gasteiger partial charge in [0.15, 0.2) is 17.3 Å². The Morgan fingerprint density at radius 1 is 0.808 bits per heavy atom. The van der Waals surface area contributed by atoms with E-state index in [-0.39, 0.29) is 40.1 Å². The molecular formula is C19H20O7.